The molecule has 0 aliphatic carbocycles. The zero-order chi connectivity index (χ0) is 20.4. The lowest BCUT2D eigenvalue weighted by molar-refractivity contribution is -0.138. The van der Waals surface area contributed by atoms with Crippen molar-refractivity contribution in [3.63, 3.8) is 0 Å². The molecule has 1 aromatic heterocycles. The smallest absolute Gasteiger partial charge is 0.416 e. The molecule has 3 nitrogen and oxygen atoms in total. The lowest BCUT2D eigenvalue weighted by Crippen LogP contribution is -2.12. The van der Waals surface area contributed by atoms with Gasteiger partial charge in [-0.15, -0.1) is 11.3 Å². The number of aromatic nitrogens is 1. The molecular formula is C22H14F3NO2S. The third-order valence-electron chi connectivity index (χ3n) is 4.35. The largest absolute Gasteiger partial charge is 0.457 e. The summed E-state index contributed by atoms with van der Waals surface area (Å²) in [5.41, 5.74) is 0.756. The van der Waals surface area contributed by atoms with Crippen LogP contribution in [0.2, 0.25) is 0 Å². The van der Waals surface area contributed by atoms with E-state index in [4.69, 9.17) is 4.74 Å². The Morgan fingerprint density at radius 1 is 0.931 bits per heavy atom. The molecule has 0 amide bonds. The van der Waals surface area contributed by atoms with Gasteiger partial charge in [0.05, 0.1) is 21.3 Å². The minimum Gasteiger partial charge on any atom is -0.457 e. The fourth-order valence-corrected chi connectivity index (χ4v) is 3.98. The minimum absolute atomic E-state index is 0.0918. The normalized spacial score (nSPS) is 11.6. The maximum atomic E-state index is 13.1. The zero-order valence-corrected chi connectivity index (χ0v) is 15.8. The maximum absolute atomic E-state index is 13.1. The van der Waals surface area contributed by atoms with E-state index in [0.29, 0.717) is 10.6 Å². The van der Waals surface area contributed by atoms with E-state index in [2.05, 4.69) is 4.98 Å². The number of halogens is 3. The average molecular weight is 413 g/mol. The van der Waals surface area contributed by atoms with Crippen LogP contribution in [0.1, 0.15) is 21.5 Å². The predicted octanol–water partition coefficient (Wildman–Crippen LogP) is 6.34. The van der Waals surface area contributed by atoms with E-state index in [1.54, 1.807) is 24.3 Å². The SMILES string of the molecule is O=C(OCc1ccccc1C(F)(F)F)c1ccccc1-c1nc2ccccc2s1. The van der Waals surface area contributed by atoms with Crippen molar-refractivity contribution in [2.75, 3.05) is 0 Å². The van der Waals surface area contributed by atoms with Crippen molar-refractivity contribution >= 4 is 27.5 Å². The first kappa shape index (κ1) is 19.1. The molecule has 0 fully saturated rings. The first-order valence-electron chi connectivity index (χ1n) is 8.70. The van der Waals surface area contributed by atoms with Crippen LogP contribution in [0.5, 0.6) is 0 Å². The van der Waals surface area contributed by atoms with Gasteiger partial charge in [-0.05, 0) is 24.3 Å². The van der Waals surface area contributed by atoms with Crippen LogP contribution in [0.3, 0.4) is 0 Å². The Labute approximate surface area is 168 Å². The van der Waals surface area contributed by atoms with Crippen molar-refractivity contribution < 1.29 is 22.7 Å². The molecule has 1 heterocycles. The summed E-state index contributed by atoms with van der Waals surface area (Å²) in [6, 6.07) is 19.4. The molecule has 0 aliphatic rings. The highest BCUT2D eigenvalue weighted by atomic mass is 32.1. The van der Waals surface area contributed by atoms with Gasteiger partial charge in [0.15, 0.2) is 0 Å². The fourth-order valence-electron chi connectivity index (χ4n) is 2.98. The van der Waals surface area contributed by atoms with Crippen molar-refractivity contribution in [3.8, 4) is 10.6 Å². The Kier molecular flexibility index (Phi) is 5.07. The van der Waals surface area contributed by atoms with Gasteiger partial charge in [-0.25, -0.2) is 9.78 Å². The minimum atomic E-state index is -4.51. The van der Waals surface area contributed by atoms with Crippen molar-refractivity contribution in [3.05, 3.63) is 89.5 Å². The van der Waals surface area contributed by atoms with E-state index in [9.17, 15) is 18.0 Å². The predicted molar refractivity (Wildman–Crippen MR) is 106 cm³/mol. The molecule has 0 saturated carbocycles. The summed E-state index contributed by atoms with van der Waals surface area (Å²) in [6.07, 6.45) is -4.51. The Balaban J connectivity index is 1.61. The molecule has 0 saturated heterocycles. The summed E-state index contributed by atoms with van der Waals surface area (Å²) in [5, 5.41) is 0.648. The van der Waals surface area contributed by atoms with Crippen LogP contribution < -0.4 is 0 Å². The van der Waals surface area contributed by atoms with Gasteiger partial charge < -0.3 is 4.74 Å². The quantitative estimate of drug-likeness (QED) is 0.367. The molecule has 0 spiro atoms. The van der Waals surface area contributed by atoms with E-state index < -0.39 is 24.3 Å². The van der Waals surface area contributed by atoms with E-state index in [1.807, 2.05) is 24.3 Å². The van der Waals surface area contributed by atoms with Gasteiger partial charge >= 0.3 is 12.1 Å². The summed E-state index contributed by atoms with van der Waals surface area (Å²) in [4.78, 5) is 17.2. The summed E-state index contributed by atoms with van der Waals surface area (Å²) in [7, 11) is 0. The average Bonchev–Trinajstić information content (AvgIpc) is 3.16. The van der Waals surface area contributed by atoms with E-state index >= 15 is 0 Å². The molecule has 4 rings (SSSR count). The highest BCUT2D eigenvalue weighted by molar-refractivity contribution is 7.21. The number of alkyl halides is 3. The Morgan fingerprint density at radius 2 is 1.62 bits per heavy atom. The number of para-hydroxylation sites is 1. The van der Waals surface area contributed by atoms with Crippen molar-refractivity contribution in [2.24, 2.45) is 0 Å². The van der Waals surface area contributed by atoms with Gasteiger partial charge in [0.25, 0.3) is 0 Å². The highest BCUT2D eigenvalue weighted by Gasteiger charge is 2.33. The molecular weight excluding hydrogens is 399 g/mol. The first-order chi connectivity index (χ1) is 13.9. The zero-order valence-electron chi connectivity index (χ0n) is 14.9. The molecule has 3 aromatic carbocycles. The molecule has 0 atom stereocenters. The van der Waals surface area contributed by atoms with Crippen LogP contribution in [-0.4, -0.2) is 11.0 Å². The third-order valence-corrected chi connectivity index (χ3v) is 5.42. The molecule has 7 heteroatoms. The number of hydrogen-bond donors (Lipinski definition) is 0. The first-order valence-corrected chi connectivity index (χ1v) is 9.52. The Morgan fingerprint density at radius 3 is 2.41 bits per heavy atom. The Hall–Kier alpha value is -3.19. The van der Waals surface area contributed by atoms with E-state index in [0.717, 1.165) is 16.3 Å². The second-order valence-corrected chi connectivity index (χ2v) is 7.29. The number of fused-ring (bicyclic) bond motifs is 1. The van der Waals surface area contributed by atoms with Gasteiger partial charge in [-0.3, -0.25) is 0 Å². The molecule has 0 aliphatic heterocycles. The molecule has 0 radical (unpaired) electrons. The monoisotopic (exact) mass is 413 g/mol. The van der Waals surface area contributed by atoms with Crippen molar-refractivity contribution in [1.82, 2.24) is 4.98 Å². The number of benzene rings is 3. The van der Waals surface area contributed by atoms with E-state index in [-0.39, 0.29) is 11.1 Å². The van der Waals surface area contributed by atoms with E-state index in [1.165, 1.54) is 29.5 Å². The second kappa shape index (κ2) is 7.67. The lowest BCUT2D eigenvalue weighted by atomic mass is 10.1. The standard InChI is InChI=1S/C22H14F3NO2S/c23-22(24,25)17-10-4-1-7-14(17)13-28-21(27)16-9-3-2-8-15(16)20-26-18-11-5-6-12-19(18)29-20/h1-12H,13H2. The number of carbonyl (C=O) groups excluding carboxylic acids is 1. The molecule has 29 heavy (non-hydrogen) atoms. The van der Waals surface area contributed by atoms with Gasteiger partial charge in [-0.2, -0.15) is 13.2 Å². The second-order valence-electron chi connectivity index (χ2n) is 6.26. The lowest BCUT2D eigenvalue weighted by Gasteiger charge is -2.13. The van der Waals surface area contributed by atoms with Crippen LogP contribution in [0, 0.1) is 0 Å². The maximum Gasteiger partial charge on any atom is 0.416 e. The number of rotatable bonds is 4. The number of ether oxygens (including phenoxy) is 1. The van der Waals surface area contributed by atoms with Crippen LogP contribution in [-0.2, 0) is 17.5 Å². The van der Waals surface area contributed by atoms with Crippen molar-refractivity contribution in [1.29, 1.82) is 0 Å². The van der Waals surface area contributed by atoms with Gasteiger partial charge in [0, 0.05) is 11.1 Å². The number of thiazole rings is 1. The summed E-state index contributed by atoms with van der Waals surface area (Å²) >= 11 is 1.43. The van der Waals surface area contributed by atoms with Crippen LogP contribution in [0.25, 0.3) is 20.8 Å². The summed E-state index contributed by atoms with van der Waals surface area (Å²) in [6.45, 7) is -0.470. The van der Waals surface area contributed by atoms with Crippen LogP contribution in [0.4, 0.5) is 13.2 Å². The number of nitrogens with zero attached hydrogens (tertiary/aromatic N) is 1. The topological polar surface area (TPSA) is 39.2 Å². The number of carbonyl (C=O) groups is 1. The molecule has 146 valence electrons. The highest BCUT2D eigenvalue weighted by Crippen LogP contribution is 2.34. The summed E-state index contributed by atoms with van der Waals surface area (Å²) < 4.78 is 45.6. The van der Waals surface area contributed by atoms with Gasteiger partial charge in [0.2, 0.25) is 0 Å². The fraction of sp³-hybridized carbons (Fsp3) is 0.0909. The molecule has 4 aromatic rings. The summed E-state index contributed by atoms with van der Waals surface area (Å²) in [5.74, 6) is -0.697. The van der Waals surface area contributed by atoms with Gasteiger partial charge in [-0.1, -0.05) is 48.5 Å². The van der Waals surface area contributed by atoms with Gasteiger partial charge in [0.1, 0.15) is 11.6 Å². The van der Waals surface area contributed by atoms with Crippen LogP contribution in [0.15, 0.2) is 72.8 Å². The number of esters is 1. The molecule has 0 unspecified atom stereocenters. The molecule has 0 bridgehead atoms. The Bertz CT molecular complexity index is 1150. The van der Waals surface area contributed by atoms with Crippen LogP contribution >= 0.6 is 11.3 Å². The third kappa shape index (κ3) is 4.00. The molecule has 0 N–H and O–H groups in total. The van der Waals surface area contributed by atoms with Crippen molar-refractivity contribution in [2.45, 2.75) is 12.8 Å². The number of hydrogen-bond acceptors (Lipinski definition) is 4.